The van der Waals surface area contributed by atoms with Crippen molar-refractivity contribution in [1.82, 2.24) is 15.1 Å². The number of carbonyl (C=O) groups excluding carboxylic acids is 2. The van der Waals surface area contributed by atoms with Crippen LogP contribution in [0.2, 0.25) is 5.02 Å². The van der Waals surface area contributed by atoms with Gasteiger partial charge in [0.25, 0.3) is 0 Å². The Bertz CT molecular complexity index is 1310. The summed E-state index contributed by atoms with van der Waals surface area (Å²) in [7, 11) is 0. The summed E-state index contributed by atoms with van der Waals surface area (Å²) in [5, 5.41) is 23.6. The maximum atomic E-state index is 13.8. The maximum Gasteiger partial charge on any atom is 0.434 e. The third kappa shape index (κ3) is 6.18. The van der Waals surface area contributed by atoms with Crippen molar-refractivity contribution in [2.75, 3.05) is 0 Å². The minimum Gasteiger partial charge on any atom is -0.480 e. The SMILES string of the molecule is O=C(O)C(=O)NC(Cc1ccc(OC(=O)c2cnn(-c3ccc(Cl)cc3)c2C(F)(F)F)cc1)C(=O)O. The second-order valence-electron chi connectivity index (χ2n) is 7.20. The molecule has 0 fully saturated rings. The Kier molecular flexibility index (Phi) is 7.63. The van der Waals surface area contributed by atoms with Gasteiger partial charge >= 0.3 is 30.0 Å². The standard InChI is InChI=1S/C22H15ClF3N3O7/c23-12-3-5-13(6-4-12)29-17(22(24,25)26)15(10-27-29)21(35)36-14-7-1-11(2-8-14)9-16(19(31)32)28-18(30)20(33)34/h1-8,10,16H,9H2,(H,28,30)(H,31,32)(H,33,34). The van der Waals surface area contributed by atoms with Crippen molar-refractivity contribution in [3.8, 4) is 11.4 Å². The number of carboxylic acids is 2. The zero-order valence-electron chi connectivity index (χ0n) is 17.8. The second kappa shape index (κ2) is 10.5. The molecular formula is C22H15ClF3N3O7. The number of amides is 1. The van der Waals surface area contributed by atoms with Crippen LogP contribution in [0.1, 0.15) is 21.6 Å². The van der Waals surface area contributed by atoms with E-state index in [9.17, 15) is 37.5 Å². The van der Waals surface area contributed by atoms with Crippen molar-refractivity contribution < 1.29 is 47.3 Å². The van der Waals surface area contributed by atoms with Crippen LogP contribution in [-0.4, -0.2) is 49.9 Å². The number of aliphatic carboxylic acids is 2. The van der Waals surface area contributed by atoms with Crippen LogP contribution in [0.5, 0.6) is 5.75 Å². The van der Waals surface area contributed by atoms with Crippen LogP contribution >= 0.6 is 11.6 Å². The predicted octanol–water partition coefficient (Wildman–Crippen LogP) is 2.96. The van der Waals surface area contributed by atoms with Gasteiger partial charge in [0, 0.05) is 11.4 Å². The first-order valence-electron chi connectivity index (χ1n) is 9.85. The number of carboxylic acid groups (broad SMARTS) is 2. The number of esters is 1. The minimum atomic E-state index is -4.96. The first-order chi connectivity index (χ1) is 16.9. The van der Waals surface area contributed by atoms with Gasteiger partial charge in [0.2, 0.25) is 0 Å². The largest absolute Gasteiger partial charge is 0.480 e. The average molecular weight is 526 g/mol. The molecule has 3 N–H and O–H groups in total. The van der Waals surface area contributed by atoms with E-state index in [-0.39, 0.29) is 17.9 Å². The summed E-state index contributed by atoms with van der Waals surface area (Å²) in [5.41, 5.74) is -1.88. The summed E-state index contributed by atoms with van der Waals surface area (Å²) >= 11 is 5.77. The highest BCUT2D eigenvalue weighted by molar-refractivity contribution is 6.32. The van der Waals surface area contributed by atoms with Crippen LogP contribution in [0.3, 0.4) is 0 Å². The molecule has 10 nitrogen and oxygen atoms in total. The highest BCUT2D eigenvalue weighted by atomic mass is 35.5. The van der Waals surface area contributed by atoms with Crippen LogP contribution in [0.4, 0.5) is 13.2 Å². The molecule has 3 aromatic rings. The van der Waals surface area contributed by atoms with Gasteiger partial charge in [-0.2, -0.15) is 18.3 Å². The molecule has 0 spiro atoms. The molecule has 0 aliphatic heterocycles. The van der Waals surface area contributed by atoms with Crippen LogP contribution in [0.25, 0.3) is 5.69 Å². The minimum absolute atomic E-state index is 0.0121. The summed E-state index contributed by atoms with van der Waals surface area (Å²) in [6.07, 6.45) is -4.55. The molecule has 1 amide bonds. The molecule has 0 saturated heterocycles. The number of aromatic nitrogens is 2. The number of benzene rings is 2. The number of ether oxygens (including phenoxy) is 1. The predicted molar refractivity (Wildman–Crippen MR) is 116 cm³/mol. The third-order valence-corrected chi connectivity index (χ3v) is 4.95. The van der Waals surface area contributed by atoms with E-state index in [0.29, 0.717) is 15.3 Å². The number of halogens is 4. The zero-order chi connectivity index (χ0) is 26.6. The van der Waals surface area contributed by atoms with Gasteiger partial charge in [0.1, 0.15) is 17.4 Å². The average Bonchev–Trinajstić information content (AvgIpc) is 3.26. The second-order valence-corrected chi connectivity index (χ2v) is 7.64. The number of nitrogens with one attached hydrogen (secondary N) is 1. The Morgan fingerprint density at radius 2 is 1.64 bits per heavy atom. The third-order valence-electron chi connectivity index (χ3n) is 4.70. The number of alkyl halides is 3. The Morgan fingerprint density at radius 1 is 1.03 bits per heavy atom. The lowest BCUT2D eigenvalue weighted by molar-refractivity contribution is -0.152. The van der Waals surface area contributed by atoms with Crippen molar-refractivity contribution in [2.24, 2.45) is 0 Å². The zero-order valence-corrected chi connectivity index (χ0v) is 18.6. The fourth-order valence-corrected chi connectivity index (χ4v) is 3.19. The molecule has 1 atom stereocenters. The molecular weight excluding hydrogens is 511 g/mol. The number of hydrogen-bond acceptors (Lipinski definition) is 6. The van der Waals surface area contributed by atoms with E-state index in [4.69, 9.17) is 21.4 Å². The number of carbonyl (C=O) groups is 4. The van der Waals surface area contributed by atoms with Gasteiger partial charge < -0.3 is 20.3 Å². The molecule has 1 heterocycles. The summed E-state index contributed by atoms with van der Waals surface area (Å²) in [6.45, 7) is 0. The molecule has 3 rings (SSSR count). The molecule has 0 aliphatic carbocycles. The molecule has 0 saturated carbocycles. The molecule has 0 aliphatic rings. The van der Waals surface area contributed by atoms with Crippen molar-refractivity contribution >= 4 is 35.4 Å². The lowest BCUT2D eigenvalue weighted by Gasteiger charge is -2.14. The maximum absolute atomic E-state index is 13.8. The first kappa shape index (κ1) is 26.2. The monoisotopic (exact) mass is 525 g/mol. The van der Waals surface area contributed by atoms with E-state index < -0.39 is 47.3 Å². The van der Waals surface area contributed by atoms with Crippen molar-refractivity contribution in [2.45, 2.75) is 18.6 Å². The molecule has 1 unspecified atom stereocenters. The van der Waals surface area contributed by atoms with Gasteiger partial charge in [0.15, 0.2) is 5.69 Å². The van der Waals surface area contributed by atoms with E-state index in [0.717, 1.165) is 6.20 Å². The van der Waals surface area contributed by atoms with Crippen molar-refractivity contribution in [3.05, 3.63) is 76.6 Å². The number of nitrogens with zero attached hydrogens (tertiary/aromatic N) is 2. The number of hydrogen-bond donors (Lipinski definition) is 3. The molecule has 0 radical (unpaired) electrons. The molecule has 188 valence electrons. The highest BCUT2D eigenvalue weighted by Gasteiger charge is 2.41. The number of rotatable bonds is 7. The first-order valence-corrected chi connectivity index (χ1v) is 10.2. The van der Waals surface area contributed by atoms with Gasteiger partial charge in [-0.05, 0) is 42.0 Å². The van der Waals surface area contributed by atoms with E-state index in [2.05, 4.69) is 5.10 Å². The van der Waals surface area contributed by atoms with E-state index in [1.165, 1.54) is 48.5 Å². The highest BCUT2D eigenvalue weighted by Crippen LogP contribution is 2.34. The van der Waals surface area contributed by atoms with Gasteiger partial charge in [-0.25, -0.2) is 19.1 Å². The Labute approximate surface area is 204 Å². The summed E-state index contributed by atoms with van der Waals surface area (Å²) in [6, 6.07) is 8.74. The van der Waals surface area contributed by atoms with E-state index >= 15 is 0 Å². The lowest BCUT2D eigenvalue weighted by Crippen LogP contribution is -2.45. The molecule has 14 heteroatoms. The topological polar surface area (TPSA) is 148 Å². The van der Waals surface area contributed by atoms with Gasteiger partial charge in [0.05, 0.1) is 11.9 Å². The summed E-state index contributed by atoms with van der Waals surface area (Å²) < 4.78 is 46.9. The fourth-order valence-electron chi connectivity index (χ4n) is 3.06. The lowest BCUT2D eigenvalue weighted by atomic mass is 10.1. The van der Waals surface area contributed by atoms with Crippen LogP contribution in [0, 0.1) is 0 Å². The molecule has 36 heavy (non-hydrogen) atoms. The van der Waals surface area contributed by atoms with Gasteiger partial charge in [-0.1, -0.05) is 23.7 Å². The van der Waals surface area contributed by atoms with Crippen LogP contribution < -0.4 is 10.1 Å². The normalized spacial score (nSPS) is 12.0. The summed E-state index contributed by atoms with van der Waals surface area (Å²) in [4.78, 5) is 45.7. The summed E-state index contributed by atoms with van der Waals surface area (Å²) in [5.74, 6) is -6.35. The smallest absolute Gasteiger partial charge is 0.434 e. The molecule has 2 aromatic carbocycles. The Hall–Kier alpha value is -4.39. The van der Waals surface area contributed by atoms with E-state index in [1.54, 1.807) is 0 Å². The quantitative estimate of drug-likeness (QED) is 0.242. The molecule has 1 aromatic heterocycles. The van der Waals surface area contributed by atoms with Crippen LogP contribution in [0.15, 0.2) is 54.7 Å². The fraction of sp³-hybridized carbons (Fsp3) is 0.136. The van der Waals surface area contributed by atoms with Crippen LogP contribution in [-0.2, 0) is 27.0 Å². The van der Waals surface area contributed by atoms with Crippen molar-refractivity contribution in [1.29, 1.82) is 0 Å². The van der Waals surface area contributed by atoms with Crippen molar-refractivity contribution in [3.63, 3.8) is 0 Å². The Balaban J connectivity index is 1.79. The van der Waals surface area contributed by atoms with Gasteiger partial charge in [-0.3, -0.25) is 4.79 Å². The Morgan fingerprint density at radius 3 is 2.17 bits per heavy atom. The van der Waals surface area contributed by atoms with Gasteiger partial charge in [-0.15, -0.1) is 0 Å². The van der Waals surface area contributed by atoms with E-state index in [1.807, 2.05) is 5.32 Å². The molecule has 0 bridgehead atoms.